The maximum absolute atomic E-state index is 12.2. The second-order valence-corrected chi connectivity index (χ2v) is 5.52. The number of rotatable bonds is 4. The van der Waals surface area contributed by atoms with Gasteiger partial charge < -0.3 is 10.1 Å². The summed E-state index contributed by atoms with van der Waals surface area (Å²) >= 11 is 0. The Bertz CT molecular complexity index is 656. The summed E-state index contributed by atoms with van der Waals surface area (Å²) in [4.78, 5) is 20.7. The molecule has 0 saturated carbocycles. The predicted octanol–water partition coefficient (Wildman–Crippen LogP) is 1.32. The number of carbonyl (C=O) groups excluding carboxylic acids is 1. The number of aromatic amines is 1. The first kappa shape index (κ1) is 14.6. The van der Waals surface area contributed by atoms with Gasteiger partial charge in [-0.15, -0.1) is 0 Å². The van der Waals surface area contributed by atoms with Crippen LogP contribution in [0.5, 0.6) is 0 Å². The molecule has 22 heavy (non-hydrogen) atoms. The lowest BCUT2D eigenvalue weighted by atomic mass is 10.0. The molecule has 0 unspecified atom stereocenters. The second-order valence-electron chi connectivity index (χ2n) is 5.52. The van der Waals surface area contributed by atoms with Crippen molar-refractivity contribution < 1.29 is 9.53 Å². The Morgan fingerprint density at radius 2 is 2.32 bits per heavy atom. The lowest BCUT2D eigenvalue weighted by molar-refractivity contribution is 0.0797. The zero-order valence-electron chi connectivity index (χ0n) is 12.7. The van der Waals surface area contributed by atoms with Gasteiger partial charge >= 0.3 is 0 Å². The molecule has 0 aliphatic carbocycles. The Hall–Kier alpha value is -2.28. The van der Waals surface area contributed by atoms with Crippen LogP contribution in [0.4, 0.5) is 0 Å². The zero-order chi connectivity index (χ0) is 15.5. The van der Waals surface area contributed by atoms with Gasteiger partial charge in [0.1, 0.15) is 18.1 Å². The summed E-state index contributed by atoms with van der Waals surface area (Å²) in [6.45, 7) is 5.06. The highest BCUT2D eigenvalue weighted by atomic mass is 16.5. The Labute approximate surface area is 128 Å². The van der Waals surface area contributed by atoms with Crippen molar-refractivity contribution in [1.82, 2.24) is 25.5 Å². The molecule has 0 radical (unpaired) electrons. The number of H-pyrrole nitrogens is 1. The number of ether oxygens (including phenoxy) is 1. The quantitative estimate of drug-likeness (QED) is 0.888. The number of nitrogens with one attached hydrogen (secondary N) is 2. The van der Waals surface area contributed by atoms with Crippen molar-refractivity contribution in [1.29, 1.82) is 0 Å². The van der Waals surface area contributed by atoms with Crippen molar-refractivity contribution in [2.75, 3.05) is 13.2 Å². The number of hydrogen-bond donors (Lipinski definition) is 2. The zero-order valence-corrected chi connectivity index (χ0v) is 12.7. The van der Waals surface area contributed by atoms with E-state index in [1.165, 1.54) is 6.33 Å². The normalized spacial score (nSPS) is 21.0. The summed E-state index contributed by atoms with van der Waals surface area (Å²) in [5.74, 6) is 0.732. The number of hydrogen-bond acceptors (Lipinski definition) is 5. The first-order chi connectivity index (χ1) is 10.6. The molecule has 1 aliphatic rings. The van der Waals surface area contributed by atoms with E-state index in [4.69, 9.17) is 4.74 Å². The first-order valence-electron chi connectivity index (χ1n) is 7.34. The van der Waals surface area contributed by atoms with E-state index in [0.717, 1.165) is 17.7 Å². The maximum atomic E-state index is 12.2. The van der Waals surface area contributed by atoms with Crippen molar-refractivity contribution in [3.8, 4) is 0 Å². The molecule has 116 valence electrons. The highest BCUT2D eigenvalue weighted by Crippen LogP contribution is 2.31. The van der Waals surface area contributed by atoms with Crippen LogP contribution in [0.2, 0.25) is 0 Å². The molecule has 0 aromatic carbocycles. The van der Waals surface area contributed by atoms with Crippen molar-refractivity contribution in [2.24, 2.45) is 5.92 Å². The van der Waals surface area contributed by atoms with E-state index in [9.17, 15) is 4.79 Å². The third-order valence-electron chi connectivity index (χ3n) is 4.02. The number of aromatic nitrogens is 4. The van der Waals surface area contributed by atoms with Gasteiger partial charge in [-0.2, -0.15) is 5.10 Å². The minimum absolute atomic E-state index is 0.143. The Kier molecular flexibility index (Phi) is 4.15. The van der Waals surface area contributed by atoms with Gasteiger partial charge in [-0.05, 0) is 31.9 Å². The predicted molar refractivity (Wildman–Crippen MR) is 79.2 cm³/mol. The molecular formula is C15H19N5O2. The van der Waals surface area contributed by atoms with E-state index in [1.807, 2.05) is 19.9 Å². The van der Waals surface area contributed by atoms with Crippen LogP contribution in [0.3, 0.4) is 0 Å². The number of pyridine rings is 1. The third kappa shape index (κ3) is 2.99. The molecular weight excluding hydrogens is 282 g/mol. The van der Waals surface area contributed by atoms with Crippen molar-refractivity contribution in [3.63, 3.8) is 0 Å². The average molecular weight is 301 g/mol. The Balaban J connectivity index is 1.61. The molecule has 1 saturated heterocycles. The minimum Gasteiger partial charge on any atom is -0.370 e. The smallest absolute Gasteiger partial charge is 0.269 e. The lowest BCUT2D eigenvalue weighted by Crippen LogP contribution is -2.31. The van der Waals surface area contributed by atoms with Gasteiger partial charge in [0.2, 0.25) is 0 Å². The summed E-state index contributed by atoms with van der Waals surface area (Å²) in [7, 11) is 0. The van der Waals surface area contributed by atoms with Crippen LogP contribution in [0.25, 0.3) is 0 Å². The second kappa shape index (κ2) is 6.23. The standard InChI is InChI=1S/C15H19N5O2/c1-9-3-4-12(19-10(9)2)15(21)16-7-11-5-6-22-13(11)14-17-8-18-20-14/h3-4,8,11,13H,5-7H2,1-2H3,(H,16,21)(H,17,18,20)/t11-,13-/m0/s1. The topological polar surface area (TPSA) is 92.8 Å². The molecule has 7 nitrogen and oxygen atoms in total. The summed E-state index contributed by atoms with van der Waals surface area (Å²) in [5, 5.41) is 9.62. The summed E-state index contributed by atoms with van der Waals surface area (Å²) in [5.41, 5.74) is 2.39. The first-order valence-corrected chi connectivity index (χ1v) is 7.34. The van der Waals surface area contributed by atoms with Gasteiger partial charge in [-0.3, -0.25) is 9.89 Å². The van der Waals surface area contributed by atoms with E-state index in [1.54, 1.807) is 6.07 Å². The van der Waals surface area contributed by atoms with Gasteiger partial charge in [0.15, 0.2) is 5.82 Å². The highest BCUT2D eigenvalue weighted by molar-refractivity contribution is 5.92. The van der Waals surface area contributed by atoms with Gasteiger partial charge in [0.05, 0.1) is 0 Å². The van der Waals surface area contributed by atoms with Crippen LogP contribution < -0.4 is 5.32 Å². The number of amides is 1. The van der Waals surface area contributed by atoms with Gasteiger partial charge in [0, 0.05) is 24.8 Å². The van der Waals surface area contributed by atoms with E-state index >= 15 is 0 Å². The van der Waals surface area contributed by atoms with Gasteiger partial charge in [-0.25, -0.2) is 9.97 Å². The number of carbonyl (C=O) groups is 1. The molecule has 3 rings (SSSR count). The van der Waals surface area contributed by atoms with Gasteiger partial charge in [0.25, 0.3) is 5.91 Å². The number of aryl methyl sites for hydroxylation is 2. The summed E-state index contributed by atoms with van der Waals surface area (Å²) in [6, 6.07) is 3.66. The Morgan fingerprint density at radius 3 is 3.05 bits per heavy atom. The fourth-order valence-electron chi connectivity index (χ4n) is 2.57. The van der Waals surface area contributed by atoms with E-state index in [2.05, 4.69) is 25.5 Å². The van der Waals surface area contributed by atoms with Crippen molar-refractivity contribution in [2.45, 2.75) is 26.4 Å². The molecule has 3 heterocycles. The SMILES string of the molecule is Cc1ccc(C(=O)NC[C@@H]2CCO[C@@H]2c2ncn[nH]2)nc1C. The molecule has 1 aliphatic heterocycles. The molecule has 0 spiro atoms. The minimum atomic E-state index is -0.161. The Morgan fingerprint density at radius 1 is 1.45 bits per heavy atom. The van der Waals surface area contributed by atoms with Crippen LogP contribution in [0.1, 0.15) is 40.1 Å². The number of nitrogens with zero attached hydrogens (tertiary/aromatic N) is 3. The summed E-state index contributed by atoms with van der Waals surface area (Å²) in [6.07, 6.45) is 2.20. The molecule has 2 aromatic heterocycles. The van der Waals surface area contributed by atoms with Crippen molar-refractivity contribution >= 4 is 5.91 Å². The highest BCUT2D eigenvalue weighted by Gasteiger charge is 2.32. The average Bonchev–Trinajstić information content (AvgIpc) is 3.17. The molecule has 1 fully saturated rings. The van der Waals surface area contributed by atoms with Crippen LogP contribution in [0, 0.1) is 19.8 Å². The maximum Gasteiger partial charge on any atom is 0.269 e. The fourth-order valence-corrected chi connectivity index (χ4v) is 2.57. The largest absolute Gasteiger partial charge is 0.370 e. The lowest BCUT2D eigenvalue weighted by Gasteiger charge is -2.16. The fraction of sp³-hybridized carbons (Fsp3) is 0.467. The van der Waals surface area contributed by atoms with Crippen LogP contribution in [-0.4, -0.2) is 39.2 Å². The molecule has 7 heteroatoms. The molecule has 1 amide bonds. The molecule has 2 aromatic rings. The van der Waals surface area contributed by atoms with E-state index in [0.29, 0.717) is 24.7 Å². The van der Waals surface area contributed by atoms with Crippen LogP contribution >= 0.6 is 0 Å². The monoisotopic (exact) mass is 301 g/mol. The molecule has 0 bridgehead atoms. The van der Waals surface area contributed by atoms with Crippen LogP contribution in [-0.2, 0) is 4.74 Å². The van der Waals surface area contributed by atoms with Crippen LogP contribution in [0.15, 0.2) is 18.5 Å². The molecule has 2 atom stereocenters. The van der Waals surface area contributed by atoms with Gasteiger partial charge in [-0.1, -0.05) is 6.07 Å². The van der Waals surface area contributed by atoms with E-state index < -0.39 is 0 Å². The van der Waals surface area contributed by atoms with Crippen molar-refractivity contribution in [3.05, 3.63) is 41.2 Å². The molecule has 2 N–H and O–H groups in total. The van der Waals surface area contributed by atoms with E-state index in [-0.39, 0.29) is 17.9 Å². The third-order valence-corrected chi connectivity index (χ3v) is 4.02. The summed E-state index contributed by atoms with van der Waals surface area (Å²) < 4.78 is 5.68.